The lowest BCUT2D eigenvalue weighted by atomic mass is 10.1. The van der Waals surface area contributed by atoms with Crippen molar-refractivity contribution in [3.63, 3.8) is 0 Å². The zero-order valence-corrected chi connectivity index (χ0v) is 17.8. The maximum Gasteiger partial charge on any atom is 0.274 e. The van der Waals surface area contributed by atoms with Crippen molar-refractivity contribution in [2.75, 3.05) is 11.9 Å². The summed E-state index contributed by atoms with van der Waals surface area (Å²) in [5.41, 5.74) is 1.82. The molecule has 1 aromatic carbocycles. The number of ether oxygens (including phenoxy) is 1. The Morgan fingerprint density at radius 3 is 2.66 bits per heavy atom. The number of hydrogen-bond donors (Lipinski definition) is 2. The fraction of sp³-hybridized carbons (Fsp3) is 0.300. The molecule has 8 nitrogen and oxygen atoms in total. The van der Waals surface area contributed by atoms with E-state index in [4.69, 9.17) is 4.74 Å². The highest BCUT2D eigenvalue weighted by Crippen LogP contribution is 2.25. The smallest absolute Gasteiger partial charge is 0.274 e. The van der Waals surface area contributed by atoms with Crippen LogP contribution in [0.2, 0.25) is 25.7 Å². The largest absolute Gasteiger partial charge is 0.492 e. The van der Waals surface area contributed by atoms with Crippen molar-refractivity contribution < 1.29 is 14.6 Å². The van der Waals surface area contributed by atoms with Gasteiger partial charge in [0.2, 0.25) is 5.88 Å². The van der Waals surface area contributed by atoms with Gasteiger partial charge in [0.05, 0.1) is 12.5 Å². The Balaban J connectivity index is 1.86. The molecule has 1 amide bonds. The molecule has 0 radical (unpaired) electrons. The van der Waals surface area contributed by atoms with Crippen LogP contribution < -0.4 is 5.32 Å². The lowest BCUT2D eigenvalue weighted by molar-refractivity contribution is 0.0814. The summed E-state index contributed by atoms with van der Waals surface area (Å²) in [6, 6.07) is 10.5. The first kappa shape index (κ1) is 20.7. The van der Waals surface area contributed by atoms with E-state index < -0.39 is 14.0 Å². The van der Waals surface area contributed by atoms with Gasteiger partial charge in [-0.2, -0.15) is 0 Å². The van der Waals surface area contributed by atoms with Crippen LogP contribution in [-0.4, -0.2) is 45.2 Å². The molecule has 152 valence electrons. The van der Waals surface area contributed by atoms with Gasteiger partial charge in [-0.1, -0.05) is 50.0 Å². The monoisotopic (exact) mass is 411 g/mol. The molecule has 0 fully saturated rings. The van der Waals surface area contributed by atoms with Gasteiger partial charge in [0.1, 0.15) is 30.1 Å². The number of amides is 1. The Bertz CT molecular complexity index is 970. The third kappa shape index (κ3) is 5.49. The molecule has 3 aromatic rings. The molecular formula is C20H25N5O3Si. The number of anilines is 1. The van der Waals surface area contributed by atoms with Crippen molar-refractivity contribution in [3.8, 4) is 17.1 Å². The first-order valence-corrected chi connectivity index (χ1v) is 13.0. The molecule has 9 heteroatoms. The second-order valence-corrected chi connectivity index (χ2v) is 13.5. The van der Waals surface area contributed by atoms with Crippen molar-refractivity contribution in [1.29, 1.82) is 0 Å². The summed E-state index contributed by atoms with van der Waals surface area (Å²) < 4.78 is 7.48. The van der Waals surface area contributed by atoms with Crippen LogP contribution in [0, 0.1) is 0 Å². The van der Waals surface area contributed by atoms with Gasteiger partial charge in [-0.05, 0) is 6.04 Å². The van der Waals surface area contributed by atoms with Gasteiger partial charge in [-0.15, -0.1) is 0 Å². The van der Waals surface area contributed by atoms with Crippen LogP contribution in [0.3, 0.4) is 0 Å². The van der Waals surface area contributed by atoms with E-state index in [2.05, 4.69) is 39.9 Å². The first-order chi connectivity index (χ1) is 13.8. The van der Waals surface area contributed by atoms with Crippen LogP contribution in [0.15, 0.2) is 49.2 Å². The Labute approximate surface area is 170 Å². The number of nitrogens with zero attached hydrogens (tertiary/aromatic N) is 4. The summed E-state index contributed by atoms with van der Waals surface area (Å²) >= 11 is 0. The first-order valence-electron chi connectivity index (χ1n) is 9.34. The van der Waals surface area contributed by atoms with Gasteiger partial charge in [-0.25, -0.2) is 15.0 Å². The summed E-state index contributed by atoms with van der Waals surface area (Å²) in [4.78, 5) is 25.0. The van der Waals surface area contributed by atoms with E-state index >= 15 is 0 Å². The predicted molar refractivity (Wildman–Crippen MR) is 113 cm³/mol. The fourth-order valence-corrected chi connectivity index (χ4v) is 3.42. The number of carbonyl (C=O) groups is 1. The highest BCUT2D eigenvalue weighted by atomic mass is 28.3. The molecule has 29 heavy (non-hydrogen) atoms. The van der Waals surface area contributed by atoms with E-state index in [1.54, 1.807) is 10.9 Å². The maximum atomic E-state index is 13.0. The van der Waals surface area contributed by atoms with Gasteiger partial charge in [0, 0.05) is 20.2 Å². The quantitative estimate of drug-likeness (QED) is 0.434. The molecule has 3 rings (SSSR count). The van der Waals surface area contributed by atoms with E-state index in [0.717, 1.165) is 11.6 Å². The molecule has 0 aliphatic heterocycles. The Morgan fingerprint density at radius 2 is 1.97 bits per heavy atom. The van der Waals surface area contributed by atoms with Gasteiger partial charge >= 0.3 is 0 Å². The summed E-state index contributed by atoms with van der Waals surface area (Å²) in [5.74, 6) is -0.729. The number of rotatable bonds is 8. The van der Waals surface area contributed by atoms with Crippen molar-refractivity contribution in [2.24, 2.45) is 0 Å². The molecule has 0 saturated carbocycles. The van der Waals surface area contributed by atoms with E-state index in [1.165, 1.54) is 12.5 Å². The third-order valence-electron chi connectivity index (χ3n) is 4.27. The van der Waals surface area contributed by atoms with E-state index in [-0.39, 0.29) is 18.3 Å². The normalized spacial score (nSPS) is 11.4. The predicted octanol–water partition coefficient (Wildman–Crippen LogP) is 3.61. The van der Waals surface area contributed by atoms with E-state index in [9.17, 15) is 9.90 Å². The summed E-state index contributed by atoms with van der Waals surface area (Å²) in [6.07, 6.45) is 4.14. The van der Waals surface area contributed by atoms with Crippen molar-refractivity contribution in [3.05, 3.63) is 54.9 Å². The molecular weight excluding hydrogens is 386 g/mol. The minimum atomic E-state index is -1.21. The SMILES string of the molecule is C[Si](C)(C)CCOCn1cnc(-c2ccccc2)c1C(=O)Nc1cncnc1O. The van der Waals surface area contributed by atoms with Gasteiger partial charge in [0.25, 0.3) is 5.91 Å². The van der Waals surface area contributed by atoms with Crippen molar-refractivity contribution >= 4 is 19.7 Å². The van der Waals surface area contributed by atoms with E-state index in [0.29, 0.717) is 18.0 Å². The molecule has 2 aromatic heterocycles. The Kier molecular flexibility index (Phi) is 6.40. The standard InChI is InChI=1S/C20H25N5O3Si/c1-29(2,3)10-9-28-14-25-13-23-17(15-7-5-4-6-8-15)18(25)20(27)24-16-11-21-12-22-19(16)26/h4-8,11-13H,9-10,14H2,1-3H3,(H,24,27)(H,21,22,26). The number of imidazole rings is 1. The van der Waals surface area contributed by atoms with Crippen LogP contribution in [0.4, 0.5) is 5.69 Å². The zero-order chi connectivity index (χ0) is 20.9. The van der Waals surface area contributed by atoms with Crippen LogP contribution in [0.5, 0.6) is 5.88 Å². The lowest BCUT2D eigenvalue weighted by Gasteiger charge is -2.16. The van der Waals surface area contributed by atoms with Crippen LogP contribution >= 0.6 is 0 Å². The third-order valence-corrected chi connectivity index (χ3v) is 5.97. The number of benzene rings is 1. The molecule has 0 saturated heterocycles. The number of carbonyl (C=O) groups excluding carboxylic acids is 1. The number of aromatic hydroxyl groups is 1. The second kappa shape index (κ2) is 8.97. The Hall–Kier alpha value is -3.04. The molecule has 0 aliphatic carbocycles. The van der Waals surface area contributed by atoms with Crippen LogP contribution in [0.1, 0.15) is 10.5 Å². The highest BCUT2D eigenvalue weighted by molar-refractivity contribution is 6.76. The molecule has 0 unspecified atom stereocenters. The molecule has 2 N–H and O–H groups in total. The average molecular weight is 412 g/mol. The number of hydrogen-bond acceptors (Lipinski definition) is 6. The van der Waals surface area contributed by atoms with Gasteiger partial charge in [0.15, 0.2) is 0 Å². The summed E-state index contributed by atoms with van der Waals surface area (Å²) in [5, 5.41) is 12.5. The van der Waals surface area contributed by atoms with Gasteiger partial charge < -0.3 is 19.7 Å². The maximum absolute atomic E-state index is 13.0. The van der Waals surface area contributed by atoms with Crippen LogP contribution in [0.25, 0.3) is 11.3 Å². The minimum Gasteiger partial charge on any atom is -0.492 e. The number of nitrogens with one attached hydrogen (secondary N) is 1. The molecule has 0 atom stereocenters. The molecule has 2 heterocycles. The van der Waals surface area contributed by atoms with Crippen molar-refractivity contribution in [2.45, 2.75) is 32.4 Å². The zero-order valence-electron chi connectivity index (χ0n) is 16.8. The molecule has 0 aliphatic rings. The fourth-order valence-electron chi connectivity index (χ4n) is 2.66. The van der Waals surface area contributed by atoms with Crippen molar-refractivity contribution in [1.82, 2.24) is 19.5 Å². The lowest BCUT2D eigenvalue weighted by Crippen LogP contribution is -2.23. The second-order valence-electron chi connectivity index (χ2n) is 7.84. The molecule has 0 spiro atoms. The number of aromatic nitrogens is 4. The Morgan fingerprint density at radius 1 is 1.21 bits per heavy atom. The van der Waals surface area contributed by atoms with Gasteiger partial charge in [-0.3, -0.25) is 4.79 Å². The minimum absolute atomic E-state index is 0.129. The molecule has 0 bridgehead atoms. The summed E-state index contributed by atoms with van der Waals surface area (Å²) in [6.45, 7) is 7.70. The van der Waals surface area contributed by atoms with Crippen LogP contribution in [-0.2, 0) is 11.5 Å². The average Bonchev–Trinajstić information content (AvgIpc) is 3.11. The highest BCUT2D eigenvalue weighted by Gasteiger charge is 2.22. The topological polar surface area (TPSA) is 102 Å². The van der Waals surface area contributed by atoms with E-state index in [1.807, 2.05) is 30.3 Å². The summed E-state index contributed by atoms with van der Waals surface area (Å²) in [7, 11) is -1.21.